The number of hydrogen-bond acceptors (Lipinski definition) is 5. The lowest BCUT2D eigenvalue weighted by atomic mass is 10.1. The molecule has 1 heterocycles. The number of carbonyl (C=O) groups excluding carboxylic acids is 3. The highest BCUT2D eigenvalue weighted by Gasteiger charge is 2.27. The van der Waals surface area contributed by atoms with Crippen LogP contribution in [0.15, 0.2) is 18.2 Å². The number of nitrogens with two attached hydrogens (primary N) is 1. The summed E-state index contributed by atoms with van der Waals surface area (Å²) in [4.78, 5) is 36.2. The van der Waals surface area contributed by atoms with E-state index in [1.54, 1.807) is 6.92 Å². The molecule has 0 atom stereocenters. The van der Waals surface area contributed by atoms with Gasteiger partial charge in [0.2, 0.25) is 0 Å². The molecule has 2 amide bonds. The molecule has 3 N–H and O–H groups in total. The monoisotopic (exact) mass is 384 g/mol. The van der Waals surface area contributed by atoms with Gasteiger partial charge in [-0.2, -0.15) is 0 Å². The first-order valence-corrected chi connectivity index (χ1v) is 8.33. The lowest BCUT2D eigenvalue weighted by molar-refractivity contribution is 0.0527. The van der Waals surface area contributed by atoms with E-state index in [2.05, 4.69) is 5.32 Å². The SMILES string of the molecule is CCOC(=O)c1c(NC(=O)c2c(F)cccc2Cl)sc(C(N)=O)c1C. The number of carbonyl (C=O) groups is 3. The summed E-state index contributed by atoms with van der Waals surface area (Å²) in [5.41, 5.74) is 5.20. The zero-order valence-corrected chi connectivity index (χ0v) is 14.9. The van der Waals surface area contributed by atoms with Crippen molar-refractivity contribution in [3.63, 3.8) is 0 Å². The number of thiophene rings is 1. The van der Waals surface area contributed by atoms with Crippen LogP contribution in [0.4, 0.5) is 9.39 Å². The maximum atomic E-state index is 13.9. The minimum atomic E-state index is -0.856. The highest BCUT2D eigenvalue weighted by Crippen LogP contribution is 2.34. The minimum absolute atomic E-state index is 0.00135. The Labute approximate surface area is 151 Å². The summed E-state index contributed by atoms with van der Waals surface area (Å²) >= 11 is 6.68. The first-order valence-electron chi connectivity index (χ1n) is 7.13. The van der Waals surface area contributed by atoms with Crippen molar-refractivity contribution in [1.29, 1.82) is 0 Å². The fraction of sp³-hybridized carbons (Fsp3) is 0.188. The molecule has 0 saturated heterocycles. The summed E-state index contributed by atoms with van der Waals surface area (Å²) in [7, 11) is 0. The first kappa shape index (κ1) is 18.9. The number of ether oxygens (including phenoxy) is 1. The van der Waals surface area contributed by atoms with Gasteiger partial charge in [-0.1, -0.05) is 17.7 Å². The van der Waals surface area contributed by atoms with E-state index in [1.165, 1.54) is 19.1 Å². The van der Waals surface area contributed by atoms with E-state index in [9.17, 15) is 18.8 Å². The normalized spacial score (nSPS) is 10.4. The number of halogens is 2. The first-order chi connectivity index (χ1) is 11.8. The predicted octanol–water partition coefficient (Wildman–Crippen LogP) is 3.38. The quantitative estimate of drug-likeness (QED) is 0.772. The van der Waals surface area contributed by atoms with Gasteiger partial charge in [0.1, 0.15) is 10.8 Å². The molecule has 0 fully saturated rings. The Morgan fingerprint density at radius 1 is 1.32 bits per heavy atom. The summed E-state index contributed by atoms with van der Waals surface area (Å²) < 4.78 is 18.8. The number of nitrogens with one attached hydrogen (secondary N) is 1. The van der Waals surface area contributed by atoms with Crippen LogP contribution in [0.1, 0.15) is 42.9 Å². The molecule has 2 aromatic rings. The van der Waals surface area contributed by atoms with Gasteiger partial charge in [-0.3, -0.25) is 9.59 Å². The Kier molecular flexibility index (Phi) is 5.76. The lowest BCUT2D eigenvalue weighted by Gasteiger charge is -2.08. The number of hydrogen-bond donors (Lipinski definition) is 2. The molecule has 6 nitrogen and oxygen atoms in total. The van der Waals surface area contributed by atoms with Crippen LogP contribution in [-0.4, -0.2) is 24.4 Å². The Balaban J connectivity index is 2.48. The fourth-order valence-electron chi connectivity index (χ4n) is 2.17. The van der Waals surface area contributed by atoms with Gasteiger partial charge in [0.15, 0.2) is 0 Å². The van der Waals surface area contributed by atoms with E-state index in [0.717, 1.165) is 17.4 Å². The molecule has 25 heavy (non-hydrogen) atoms. The third-order valence-corrected chi connectivity index (χ3v) is 4.80. The van der Waals surface area contributed by atoms with E-state index >= 15 is 0 Å². The largest absolute Gasteiger partial charge is 0.462 e. The topological polar surface area (TPSA) is 98.5 Å². The van der Waals surface area contributed by atoms with Crippen molar-refractivity contribution in [3.8, 4) is 0 Å². The van der Waals surface area contributed by atoms with Crippen LogP contribution < -0.4 is 11.1 Å². The molecule has 2 rings (SSSR count). The second-order valence-electron chi connectivity index (χ2n) is 4.90. The second-order valence-corrected chi connectivity index (χ2v) is 6.32. The van der Waals surface area contributed by atoms with E-state index in [0.29, 0.717) is 0 Å². The van der Waals surface area contributed by atoms with Crippen molar-refractivity contribution in [2.24, 2.45) is 5.73 Å². The van der Waals surface area contributed by atoms with Gasteiger partial charge >= 0.3 is 5.97 Å². The van der Waals surface area contributed by atoms with Crippen LogP contribution in [0.25, 0.3) is 0 Å². The number of primary amides is 1. The zero-order valence-electron chi connectivity index (χ0n) is 13.3. The zero-order chi connectivity index (χ0) is 18.7. The second kappa shape index (κ2) is 7.62. The third-order valence-electron chi connectivity index (χ3n) is 3.27. The summed E-state index contributed by atoms with van der Waals surface area (Å²) in [6, 6.07) is 3.81. The lowest BCUT2D eigenvalue weighted by Crippen LogP contribution is -2.16. The van der Waals surface area contributed by atoms with Crippen LogP contribution in [0.5, 0.6) is 0 Å². The minimum Gasteiger partial charge on any atom is -0.462 e. The number of amides is 2. The molecule has 0 unspecified atom stereocenters. The number of anilines is 1. The van der Waals surface area contributed by atoms with E-state index in [-0.39, 0.29) is 38.2 Å². The average Bonchev–Trinajstić information content (AvgIpc) is 2.84. The molecule has 132 valence electrons. The molecule has 0 aliphatic heterocycles. The summed E-state index contributed by atoms with van der Waals surface area (Å²) in [6.07, 6.45) is 0. The van der Waals surface area contributed by atoms with E-state index in [1.807, 2.05) is 0 Å². The smallest absolute Gasteiger partial charge is 0.341 e. The van der Waals surface area contributed by atoms with Crippen LogP contribution in [0.2, 0.25) is 5.02 Å². The Bertz CT molecular complexity index is 846. The van der Waals surface area contributed by atoms with Crippen LogP contribution in [0.3, 0.4) is 0 Å². The molecular weight excluding hydrogens is 371 g/mol. The number of esters is 1. The van der Waals surface area contributed by atoms with Crippen LogP contribution in [0, 0.1) is 12.7 Å². The van der Waals surface area contributed by atoms with Crippen LogP contribution >= 0.6 is 22.9 Å². The standard InChI is InChI=1S/C16H14ClFN2O4S/c1-3-24-16(23)10-7(2)12(13(19)21)25-15(10)20-14(22)11-8(17)5-4-6-9(11)18/h4-6H,3H2,1-2H3,(H2,19,21)(H,20,22). The molecule has 9 heteroatoms. The van der Waals surface area contributed by atoms with Crippen molar-refractivity contribution in [2.75, 3.05) is 11.9 Å². The third kappa shape index (κ3) is 3.80. The van der Waals surface area contributed by atoms with Gasteiger partial charge in [-0.15, -0.1) is 11.3 Å². The van der Waals surface area contributed by atoms with Gasteiger partial charge in [0.25, 0.3) is 11.8 Å². The molecule has 0 radical (unpaired) electrons. The van der Waals surface area contributed by atoms with Crippen molar-refractivity contribution in [2.45, 2.75) is 13.8 Å². The van der Waals surface area contributed by atoms with Crippen molar-refractivity contribution >= 4 is 45.7 Å². The average molecular weight is 385 g/mol. The molecular formula is C16H14ClFN2O4S. The van der Waals surface area contributed by atoms with Gasteiger partial charge in [-0.05, 0) is 31.5 Å². The molecule has 1 aromatic heterocycles. The summed E-state index contributed by atoms with van der Waals surface area (Å²) in [6.45, 7) is 3.23. The summed E-state index contributed by atoms with van der Waals surface area (Å²) in [5.74, 6) is -3.15. The Morgan fingerprint density at radius 2 is 2.00 bits per heavy atom. The van der Waals surface area contributed by atoms with Crippen molar-refractivity contribution < 1.29 is 23.5 Å². The maximum absolute atomic E-state index is 13.9. The van der Waals surface area contributed by atoms with E-state index in [4.69, 9.17) is 22.1 Å². The van der Waals surface area contributed by atoms with Gasteiger partial charge in [0, 0.05) is 0 Å². The molecule has 0 aliphatic carbocycles. The Hall–Kier alpha value is -2.45. The van der Waals surface area contributed by atoms with E-state index < -0.39 is 23.6 Å². The summed E-state index contributed by atoms with van der Waals surface area (Å²) in [5, 5.41) is 2.36. The number of benzene rings is 1. The van der Waals surface area contributed by atoms with Gasteiger partial charge in [-0.25, -0.2) is 9.18 Å². The van der Waals surface area contributed by atoms with Crippen LogP contribution in [-0.2, 0) is 4.74 Å². The maximum Gasteiger partial charge on any atom is 0.341 e. The van der Waals surface area contributed by atoms with Gasteiger partial charge < -0.3 is 15.8 Å². The molecule has 0 spiro atoms. The Morgan fingerprint density at radius 3 is 2.56 bits per heavy atom. The highest BCUT2D eigenvalue weighted by atomic mass is 35.5. The molecule has 0 bridgehead atoms. The van der Waals surface area contributed by atoms with Crippen molar-refractivity contribution in [3.05, 3.63) is 50.6 Å². The number of rotatable bonds is 5. The fourth-order valence-corrected chi connectivity index (χ4v) is 3.46. The van der Waals surface area contributed by atoms with Gasteiger partial charge in [0.05, 0.1) is 27.6 Å². The molecule has 1 aromatic carbocycles. The molecule has 0 aliphatic rings. The van der Waals surface area contributed by atoms with Crippen molar-refractivity contribution in [1.82, 2.24) is 0 Å². The highest BCUT2D eigenvalue weighted by molar-refractivity contribution is 7.18. The predicted molar refractivity (Wildman–Crippen MR) is 92.9 cm³/mol. The molecule has 0 saturated carbocycles.